The Morgan fingerprint density at radius 3 is 3.15 bits per heavy atom. The van der Waals surface area contributed by atoms with Crippen molar-refractivity contribution in [3.05, 3.63) is 40.7 Å². The molecular formula is C14H16N2O4. The minimum Gasteiger partial charge on any atom is -0.459 e. The molecule has 0 bridgehead atoms. The molecule has 1 atom stereocenters. The van der Waals surface area contributed by atoms with Gasteiger partial charge in [0.1, 0.15) is 11.5 Å². The van der Waals surface area contributed by atoms with Gasteiger partial charge in [-0.1, -0.05) is 5.16 Å². The van der Waals surface area contributed by atoms with Gasteiger partial charge in [-0.25, -0.2) is 0 Å². The molecule has 20 heavy (non-hydrogen) atoms. The van der Waals surface area contributed by atoms with Crippen LogP contribution in [0.25, 0.3) is 0 Å². The molecule has 0 aliphatic heterocycles. The minimum absolute atomic E-state index is 0.00389. The second-order valence-corrected chi connectivity index (χ2v) is 5.04. The summed E-state index contributed by atoms with van der Waals surface area (Å²) in [6.45, 7) is 1.69. The molecule has 1 aliphatic rings. The zero-order valence-corrected chi connectivity index (χ0v) is 11.2. The summed E-state index contributed by atoms with van der Waals surface area (Å²) in [6, 6.07) is 1.77. The number of hydrogen-bond donors (Lipinski definition) is 2. The fourth-order valence-corrected chi connectivity index (χ4v) is 2.57. The molecule has 2 aromatic rings. The minimum atomic E-state index is -0.206. The highest BCUT2D eigenvalue weighted by Crippen LogP contribution is 2.25. The molecule has 3 rings (SSSR count). The predicted octanol–water partition coefficient (Wildman–Crippen LogP) is 1.36. The van der Waals surface area contributed by atoms with Crippen LogP contribution in [-0.4, -0.2) is 22.2 Å². The lowest BCUT2D eigenvalue weighted by Crippen LogP contribution is -2.38. The first-order chi connectivity index (χ1) is 9.69. The number of hydrogen-bond acceptors (Lipinski definition) is 5. The summed E-state index contributed by atoms with van der Waals surface area (Å²) in [7, 11) is 0. The maximum atomic E-state index is 12.1. The molecular weight excluding hydrogens is 260 g/mol. The van der Waals surface area contributed by atoms with Gasteiger partial charge in [0.15, 0.2) is 5.76 Å². The molecule has 6 heteroatoms. The van der Waals surface area contributed by atoms with E-state index in [1.54, 1.807) is 6.07 Å². The molecule has 0 spiro atoms. The Balaban J connectivity index is 1.71. The van der Waals surface area contributed by atoms with Crippen LogP contribution >= 0.6 is 0 Å². The van der Waals surface area contributed by atoms with Crippen molar-refractivity contribution in [1.29, 1.82) is 0 Å². The summed E-state index contributed by atoms with van der Waals surface area (Å²) in [5.41, 5.74) is 2.30. The van der Waals surface area contributed by atoms with Crippen molar-refractivity contribution in [1.82, 2.24) is 10.5 Å². The van der Waals surface area contributed by atoms with Gasteiger partial charge in [0.25, 0.3) is 5.91 Å². The van der Waals surface area contributed by atoms with E-state index in [4.69, 9.17) is 8.94 Å². The van der Waals surface area contributed by atoms with Crippen molar-refractivity contribution in [2.24, 2.45) is 0 Å². The van der Waals surface area contributed by atoms with Crippen LogP contribution in [0.1, 0.15) is 39.6 Å². The molecule has 0 aromatic carbocycles. The first-order valence-corrected chi connectivity index (χ1v) is 6.61. The van der Waals surface area contributed by atoms with Crippen LogP contribution in [0.5, 0.6) is 0 Å². The maximum Gasteiger partial charge on any atom is 0.287 e. The number of rotatable bonds is 3. The molecule has 0 radical (unpaired) electrons. The van der Waals surface area contributed by atoms with Crippen molar-refractivity contribution in [3.8, 4) is 0 Å². The lowest BCUT2D eigenvalue weighted by molar-refractivity contribution is 0.0903. The molecule has 0 saturated heterocycles. The van der Waals surface area contributed by atoms with E-state index in [1.807, 2.05) is 6.92 Å². The zero-order valence-electron chi connectivity index (χ0n) is 11.2. The number of aliphatic hydroxyl groups is 1. The summed E-state index contributed by atoms with van der Waals surface area (Å²) < 4.78 is 10.4. The van der Waals surface area contributed by atoms with E-state index in [2.05, 4.69) is 10.5 Å². The molecule has 6 nitrogen and oxygen atoms in total. The second kappa shape index (κ2) is 5.13. The van der Waals surface area contributed by atoms with Gasteiger partial charge in [0.2, 0.25) is 0 Å². The standard InChI is InChI=1S/C14H16N2O4/c1-8-4-5-19-13(8)14(18)15-9-2-3-12-10(6-9)11(7-17)16-20-12/h4-5,9,17H,2-3,6-7H2,1H3,(H,15,18). The van der Waals surface area contributed by atoms with Crippen molar-refractivity contribution >= 4 is 5.91 Å². The van der Waals surface area contributed by atoms with Crippen LogP contribution in [-0.2, 0) is 19.4 Å². The summed E-state index contributed by atoms with van der Waals surface area (Å²) in [5, 5.41) is 16.0. The van der Waals surface area contributed by atoms with E-state index in [0.29, 0.717) is 24.3 Å². The fraction of sp³-hybridized carbons (Fsp3) is 0.429. The lowest BCUT2D eigenvalue weighted by atomic mass is 9.92. The first-order valence-electron chi connectivity index (χ1n) is 6.61. The SMILES string of the molecule is Cc1ccoc1C(=O)NC1CCc2onc(CO)c2C1. The van der Waals surface area contributed by atoms with E-state index >= 15 is 0 Å². The summed E-state index contributed by atoms with van der Waals surface area (Å²) >= 11 is 0. The monoisotopic (exact) mass is 276 g/mol. The predicted molar refractivity (Wildman–Crippen MR) is 69.2 cm³/mol. The molecule has 1 unspecified atom stereocenters. The highest BCUT2D eigenvalue weighted by atomic mass is 16.5. The van der Waals surface area contributed by atoms with E-state index < -0.39 is 0 Å². The van der Waals surface area contributed by atoms with Crippen LogP contribution in [0.15, 0.2) is 21.3 Å². The third-order valence-electron chi connectivity index (χ3n) is 3.67. The number of amides is 1. The largest absolute Gasteiger partial charge is 0.459 e. The van der Waals surface area contributed by atoms with E-state index in [9.17, 15) is 9.90 Å². The van der Waals surface area contributed by atoms with E-state index in [-0.39, 0.29) is 18.6 Å². The number of furan rings is 1. The van der Waals surface area contributed by atoms with Gasteiger partial charge in [0.05, 0.1) is 12.9 Å². The van der Waals surface area contributed by atoms with Gasteiger partial charge in [-0.15, -0.1) is 0 Å². The normalized spacial score (nSPS) is 17.8. The van der Waals surface area contributed by atoms with Crippen molar-refractivity contribution in [3.63, 3.8) is 0 Å². The Morgan fingerprint density at radius 2 is 2.45 bits per heavy atom. The van der Waals surface area contributed by atoms with Crippen molar-refractivity contribution in [2.45, 2.75) is 38.8 Å². The molecule has 2 heterocycles. The molecule has 106 valence electrons. The van der Waals surface area contributed by atoms with Gasteiger partial charge >= 0.3 is 0 Å². The topological polar surface area (TPSA) is 88.5 Å². The number of aryl methyl sites for hydroxylation is 2. The Hall–Kier alpha value is -2.08. The quantitative estimate of drug-likeness (QED) is 0.883. The third kappa shape index (κ3) is 2.22. The first kappa shape index (κ1) is 12.9. The third-order valence-corrected chi connectivity index (χ3v) is 3.67. The highest BCUT2D eigenvalue weighted by Gasteiger charge is 2.27. The van der Waals surface area contributed by atoms with Crippen LogP contribution < -0.4 is 5.32 Å². The summed E-state index contributed by atoms with van der Waals surface area (Å²) in [5.74, 6) is 0.958. The Bertz CT molecular complexity index is 615. The van der Waals surface area contributed by atoms with Crippen molar-refractivity contribution in [2.75, 3.05) is 0 Å². The average Bonchev–Trinajstić information content (AvgIpc) is 3.04. The van der Waals surface area contributed by atoms with Gasteiger partial charge in [0, 0.05) is 23.6 Å². The number of fused-ring (bicyclic) bond motifs is 1. The molecule has 0 saturated carbocycles. The van der Waals surface area contributed by atoms with E-state index in [1.165, 1.54) is 6.26 Å². The smallest absolute Gasteiger partial charge is 0.287 e. The number of carbonyl (C=O) groups is 1. The number of aromatic nitrogens is 1. The number of nitrogens with one attached hydrogen (secondary N) is 1. The summed E-state index contributed by atoms with van der Waals surface area (Å²) in [6.07, 6.45) is 3.64. The van der Waals surface area contributed by atoms with Crippen LogP contribution in [0.2, 0.25) is 0 Å². The molecule has 1 aliphatic carbocycles. The molecule has 1 amide bonds. The van der Waals surface area contributed by atoms with Gasteiger partial charge in [-0.05, 0) is 25.8 Å². The van der Waals surface area contributed by atoms with Gasteiger partial charge in [-0.3, -0.25) is 4.79 Å². The number of aliphatic hydroxyl groups excluding tert-OH is 1. The second-order valence-electron chi connectivity index (χ2n) is 5.04. The van der Waals surface area contributed by atoms with Crippen molar-refractivity contribution < 1.29 is 18.8 Å². The zero-order chi connectivity index (χ0) is 14.1. The molecule has 0 fully saturated rings. The summed E-state index contributed by atoms with van der Waals surface area (Å²) in [4.78, 5) is 12.1. The van der Waals surface area contributed by atoms with Gasteiger partial charge in [-0.2, -0.15) is 0 Å². The van der Waals surface area contributed by atoms with E-state index in [0.717, 1.165) is 23.3 Å². The molecule has 2 aromatic heterocycles. The average molecular weight is 276 g/mol. The van der Waals surface area contributed by atoms with Crippen LogP contribution in [0, 0.1) is 6.92 Å². The lowest BCUT2D eigenvalue weighted by Gasteiger charge is -2.22. The number of nitrogens with zero attached hydrogens (tertiary/aromatic N) is 1. The maximum absolute atomic E-state index is 12.1. The van der Waals surface area contributed by atoms with Crippen LogP contribution in [0.4, 0.5) is 0 Å². The highest BCUT2D eigenvalue weighted by molar-refractivity contribution is 5.93. The number of carbonyl (C=O) groups excluding carboxylic acids is 1. The fourth-order valence-electron chi connectivity index (χ4n) is 2.57. The van der Waals surface area contributed by atoms with Gasteiger partial charge < -0.3 is 19.4 Å². The Morgan fingerprint density at radius 1 is 1.60 bits per heavy atom. The molecule has 2 N–H and O–H groups in total. The Kier molecular flexibility index (Phi) is 3.31. The van der Waals surface area contributed by atoms with Crippen LogP contribution in [0.3, 0.4) is 0 Å². The Labute approximate surface area is 115 Å².